The molecule has 15 heavy (non-hydrogen) atoms. The molecule has 0 aliphatic carbocycles. The highest BCUT2D eigenvalue weighted by Crippen LogP contribution is 2.29. The Morgan fingerprint density at radius 2 is 2.00 bits per heavy atom. The Bertz CT molecular complexity index is 360. The number of carbonyl (C=O) groups is 1. The van der Waals surface area contributed by atoms with Gasteiger partial charge in [-0.25, -0.2) is 0 Å². The van der Waals surface area contributed by atoms with E-state index in [-0.39, 0.29) is 11.6 Å². The summed E-state index contributed by atoms with van der Waals surface area (Å²) >= 11 is 0. The van der Waals surface area contributed by atoms with Crippen LogP contribution in [0.2, 0.25) is 0 Å². The van der Waals surface area contributed by atoms with Gasteiger partial charge in [0.15, 0.2) is 0 Å². The van der Waals surface area contributed by atoms with Crippen LogP contribution in [0.15, 0.2) is 30.3 Å². The quantitative estimate of drug-likeness (QED) is 0.758. The van der Waals surface area contributed by atoms with Crippen molar-refractivity contribution in [3.8, 4) is 0 Å². The van der Waals surface area contributed by atoms with Gasteiger partial charge in [-0.2, -0.15) is 0 Å². The lowest BCUT2D eigenvalue weighted by molar-refractivity contribution is -0.123. The average Bonchev–Trinajstić information content (AvgIpc) is 2.17. The van der Waals surface area contributed by atoms with Gasteiger partial charge in [-0.3, -0.25) is 4.79 Å². The van der Waals surface area contributed by atoms with Gasteiger partial charge < -0.3 is 5.32 Å². The number of rotatable bonds is 1. The van der Waals surface area contributed by atoms with Gasteiger partial charge in [-0.05, 0) is 19.4 Å². The third-order valence-corrected chi connectivity index (χ3v) is 3.06. The van der Waals surface area contributed by atoms with Crippen molar-refractivity contribution in [3.63, 3.8) is 0 Å². The lowest BCUT2D eigenvalue weighted by Gasteiger charge is -2.38. The van der Waals surface area contributed by atoms with Gasteiger partial charge >= 0.3 is 0 Å². The second-order valence-corrected chi connectivity index (χ2v) is 4.66. The van der Waals surface area contributed by atoms with Crippen molar-refractivity contribution in [1.29, 1.82) is 0 Å². The molecule has 1 aliphatic rings. The zero-order valence-corrected chi connectivity index (χ0v) is 9.29. The molecule has 2 heteroatoms. The lowest BCUT2D eigenvalue weighted by atomic mass is 9.81. The van der Waals surface area contributed by atoms with E-state index >= 15 is 0 Å². The molecular weight excluding hydrogens is 186 g/mol. The molecule has 0 saturated carbocycles. The topological polar surface area (TPSA) is 29.1 Å². The summed E-state index contributed by atoms with van der Waals surface area (Å²) in [6.07, 6.45) is 1.25. The predicted molar refractivity (Wildman–Crippen MR) is 60.6 cm³/mol. The molecule has 0 bridgehead atoms. The van der Waals surface area contributed by atoms with Gasteiger partial charge in [0.25, 0.3) is 0 Å². The SMILES string of the molecule is C[C@@H]1CC(=O)C[C@](C)(c2ccccc2)N1. The second-order valence-electron chi connectivity index (χ2n) is 4.66. The molecule has 2 rings (SSSR count). The van der Waals surface area contributed by atoms with Crippen LogP contribution < -0.4 is 5.32 Å². The van der Waals surface area contributed by atoms with Gasteiger partial charge in [0.2, 0.25) is 0 Å². The molecule has 80 valence electrons. The Kier molecular flexibility index (Phi) is 2.61. The van der Waals surface area contributed by atoms with Crippen molar-refractivity contribution in [1.82, 2.24) is 5.32 Å². The second kappa shape index (κ2) is 3.78. The number of piperidine rings is 1. The summed E-state index contributed by atoms with van der Waals surface area (Å²) in [4.78, 5) is 11.6. The van der Waals surface area contributed by atoms with E-state index in [1.165, 1.54) is 5.56 Å². The van der Waals surface area contributed by atoms with Crippen LogP contribution in [0, 0.1) is 0 Å². The number of Topliss-reactive ketones (excluding diaryl/α,β-unsaturated/α-hetero) is 1. The summed E-state index contributed by atoms with van der Waals surface area (Å²) in [7, 11) is 0. The number of hydrogen-bond acceptors (Lipinski definition) is 2. The fourth-order valence-corrected chi connectivity index (χ4v) is 2.45. The van der Waals surface area contributed by atoms with Crippen molar-refractivity contribution in [2.75, 3.05) is 0 Å². The normalized spacial score (nSPS) is 31.6. The van der Waals surface area contributed by atoms with Gasteiger partial charge in [0.05, 0.1) is 0 Å². The van der Waals surface area contributed by atoms with Gasteiger partial charge in [0.1, 0.15) is 5.78 Å². The molecule has 0 unspecified atom stereocenters. The van der Waals surface area contributed by atoms with Crippen LogP contribution in [0.1, 0.15) is 32.3 Å². The highest BCUT2D eigenvalue weighted by molar-refractivity contribution is 5.81. The van der Waals surface area contributed by atoms with Gasteiger partial charge in [0, 0.05) is 24.4 Å². The van der Waals surface area contributed by atoms with Crippen LogP contribution in [-0.4, -0.2) is 11.8 Å². The van der Waals surface area contributed by atoms with Crippen molar-refractivity contribution >= 4 is 5.78 Å². The highest BCUT2D eigenvalue weighted by atomic mass is 16.1. The monoisotopic (exact) mass is 203 g/mol. The largest absolute Gasteiger partial charge is 0.304 e. The molecule has 0 amide bonds. The van der Waals surface area contributed by atoms with Crippen LogP contribution in [0.5, 0.6) is 0 Å². The Morgan fingerprint density at radius 3 is 2.60 bits per heavy atom. The predicted octanol–water partition coefficient (Wildman–Crippen LogP) is 2.24. The van der Waals surface area contributed by atoms with E-state index in [4.69, 9.17) is 0 Å². The molecule has 0 spiro atoms. The first-order valence-corrected chi connectivity index (χ1v) is 5.45. The Balaban J connectivity index is 2.30. The van der Waals surface area contributed by atoms with Gasteiger partial charge in [-0.1, -0.05) is 30.3 Å². The van der Waals surface area contributed by atoms with E-state index in [2.05, 4.69) is 31.3 Å². The van der Waals surface area contributed by atoms with E-state index in [1.807, 2.05) is 18.2 Å². The van der Waals surface area contributed by atoms with Crippen molar-refractivity contribution in [2.45, 2.75) is 38.3 Å². The molecular formula is C13H17NO. The molecule has 1 saturated heterocycles. The van der Waals surface area contributed by atoms with Crippen molar-refractivity contribution in [3.05, 3.63) is 35.9 Å². The molecule has 0 aromatic heterocycles. The van der Waals surface area contributed by atoms with E-state index < -0.39 is 0 Å². The zero-order chi connectivity index (χ0) is 10.9. The molecule has 1 aliphatic heterocycles. The van der Waals surface area contributed by atoms with E-state index in [9.17, 15) is 4.79 Å². The van der Waals surface area contributed by atoms with Crippen LogP contribution in [0.3, 0.4) is 0 Å². The van der Waals surface area contributed by atoms with E-state index in [1.54, 1.807) is 0 Å². The lowest BCUT2D eigenvalue weighted by Crippen LogP contribution is -2.51. The molecule has 1 aromatic rings. The smallest absolute Gasteiger partial charge is 0.136 e. The minimum atomic E-state index is -0.185. The fraction of sp³-hybridized carbons (Fsp3) is 0.462. The number of ketones is 1. The zero-order valence-electron chi connectivity index (χ0n) is 9.29. The summed E-state index contributed by atoms with van der Waals surface area (Å²) in [6, 6.07) is 10.5. The molecule has 0 radical (unpaired) electrons. The minimum Gasteiger partial charge on any atom is -0.304 e. The summed E-state index contributed by atoms with van der Waals surface area (Å²) in [5.74, 6) is 0.354. The summed E-state index contributed by atoms with van der Waals surface area (Å²) in [5, 5.41) is 3.52. The van der Waals surface area contributed by atoms with Crippen molar-refractivity contribution in [2.24, 2.45) is 0 Å². The third-order valence-electron chi connectivity index (χ3n) is 3.06. The molecule has 1 N–H and O–H groups in total. The molecule has 2 nitrogen and oxygen atoms in total. The Labute approximate surface area is 90.7 Å². The Morgan fingerprint density at radius 1 is 1.33 bits per heavy atom. The average molecular weight is 203 g/mol. The van der Waals surface area contributed by atoms with Gasteiger partial charge in [-0.15, -0.1) is 0 Å². The molecule has 2 atom stereocenters. The number of hydrogen-bond donors (Lipinski definition) is 1. The number of nitrogens with one attached hydrogen (secondary N) is 1. The van der Waals surface area contributed by atoms with Crippen LogP contribution >= 0.6 is 0 Å². The molecule has 1 fully saturated rings. The first kappa shape index (κ1) is 10.4. The number of carbonyl (C=O) groups excluding carboxylic acids is 1. The maximum Gasteiger partial charge on any atom is 0.136 e. The maximum absolute atomic E-state index is 11.6. The van der Waals surface area contributed by atoms with Crippen LogP contribution in [-0.2, 0) is 10.3 Å². The standard InChI is InChI=1S/C13H17NO/c1-10-8-12(15)9-13(2,14-10)11-6-4-3-5-7-11/h3-7,10,14H,8-9H2,1-2H3/t10-,13-/m1/s1. The van der Waals surface area contributed by atoms with E-state index in [0.717, 1.165) is 0 Å². The minimum absolute atomic E-state index is 0.185. The van der Waals surface area contributed by atoms with Crippen LogP contribution in [0.25, 0.3) is 0 Å². The number of benzene rings is 1. The first-order chi connectivity index (χ1) is 7.10. The Hall–Kier alpha value is -1.15. The summed E-state index contributed by atoms with van der Waals surface area (Å²) < 4.78 is 0. The summed E-state index contributed by atoms with van der Waals surface area (Å²) in [5.41, 5.74) is 1.01. The maximum atomic E-state index is 11.6. The van der Waals surface area contributed by atoms with Crippen molar-refractivity contribution < 1.29 is 4.79 Å². The third kappa shape index (κ3) is 2.10. The summed E-state index contributed by atoms with van der Waals surface area (Å²) in [6.45, 7) is 4.17. The molecule has 1 heterocycles. The molecule has 1 aromatic carbocycles. The first-order valence-electron chi connectivity index (χ1n) is 5.45. The van der Waals surface area contributed by atoms with Crippen LogP contribution in [0.4, 0.5) is 0 Å². The van der Waals surface area contributed by atoms with E-state index in [0.29, 0.717) is 18.6 Å². The fourth-order valence-electron chi connectivity index (χ4n) is 2.45. The highest BCUT2D eigenvalue weighted by Gasteiger charge is 2.35.